The lowest BCUT2D eigenvalue weighted by molar-refractivity contribution is -0.139. The van der Waals surface area contributed by atoms with E-state index in [4.69, 9.17) is 4.74 Å². The minimum Gasteiger partial charge on any atom is -0.376 e. The maximum atomic E-state index is 12.7. The Hall–Kier alpha value is -1.95. The predicted octanol–water partition coefficient (Wildman–Crippen LogP) is 0.737. The third-order valence-corrected chi connectivity index (χ3v) is 3.09. The molecule has 0 spiro atoms. The number of benzene rings is 1. The van der Waals surface area contributed by atoms with Crippen molar-refractivity contribution in [2.24, 2.45) is 0 Å². The predicted molar refractivity (Wildman–Crippen MR) is 70.2 cm³/mol. The van der Waals surface area contributed by atoms with Gasteiger partial charge in [0.2, 0.25) is 0 Å². The van der Waals surface area contributed by atoms with E-state index in [9.17, 15) is 14.0 Å². The van der Waals surface area contributed by atoms with Crippen LogP contribution in [0.1, 0.15) is 18.4 Å². The summed E-state index contributed by atoms with van der Waals surface area (Å²) in [4.78, 5) is 23.1. The number of halogens is 1. The highest BCUT2D eigenvalue weighted by Gasteiger charge is 2.18. The van der Waals surface area contributed by atoms with Crippen LogP contribution in [0.5, 0.6) is 0 Å². The zero-order chi connectivity index (χ0) is 14.4. The highest BCUT2D eigenvalue weighted by atomic mass is 19.1. The van der Waals surface area contributed by atoms with E-state index in [0.29, 0.717) is 13.2 Å². The van der Waals surface area contributed by atoms with Crippen LogP contribution in [-0.2, 0) is 20.9 Å². The molecule has 0 aliphatic carbocycles. The van der Waals surface area contributed by atoms with Crippen molar-refractivity contribution < 1.29 is 18.7 Å². The summed E-state index contributed by atoms with van der Waals surface area (Å²) < 4.78 is 18.0. The second-order valence-electron chi connectivity index (χ2n) is 4.65. The number of carbonyl (C=O) groups excluding carboxylic acids is 2. The largest absolute Gasteiger partial charge is 0.376 e. The Bertz CT molecular complexity index is 470. The second-order valence-corrected chi connectivity index (χ2v) is 4.65. The molecular weight excluding hydrogens is 263 g/mol. The van der Waals surface area contributed by atoms with Crippen molar-refractivity contribution in [1.82, 2.24) is 10.6 Å². The van der Waals surface area contributed by atoms with Crippen LogP contribution in [0.3, 0.4) is 0 Å². The van der Waals surface area contributed by atoms with E-state index >= 15 is 0 Å². The van der Waals surface area contributed by atoms with Crippen LogP contribution >= 0.6 is 0 Å². The average Bonchev–Trinajstić information content (AvgIpc) is 2.97. The van der Waals surface area contributed by atoms with Gasteiger partial charge < -0.3 is 15.4 Å². The quantitative estimate of drug-likeness (QED) is 0.799. The van der Waals surface area contributed by atoms with Crippen molar-refractivity contribution in [3.8, 4) is 0 Å². The van der Waals surface area contributed by atoms with Crippen molar-refractivity contribution in [2.45, 2.75) is 25.5 Å². The van der Waals surface area contributed by atoms with E-state index in [0.717, 1.165) is 18.4 Å². The molecule has 6 heteroatoms. The van der Waals surface area contributed by atoms with E-state index in [1.54, 1.807) is 12.1 Å². The Morgan fingerprint density at radius 1 is 1.20 bits per heavy atom. The molecule has 20 heavy (non-hydrogen) atoms. The molecule has 1 aromatic carbocycles. The number of carbonyl (C=O) groups is 2. The smallest absolute Gasteiger partial charge is 0.309 e. The Morgan fingerprint density at radius 3 is 2.55 bits per heavy atom. The van der Waals surface area contributed by atoms with Crippen LogP contribution < -0.4 is 10.6 Å². The Morgan fingerprint density at radius 2 is 1.90 bits per heavy atom. The van der Waals surface area contributed by atoms with Gasteiger partial charge in [-0.3, -0.25) is 9.59 Å². The van der Waals surface area contributed by atoms with Gasteiger partial charge in [-0.1, -0.05) is 12.1 Å². The molecule has 1 heterocycles. The number of rotatable bonds is 4. The van der Waals surface area contributed by atoms with E-state index in [1.807, 2.05) is 0 Å². The van der Waals surface area contributed by atoms with Gasteiger partial charge in [0.05, 0.1) is 6.10 Å². The Kier molecular flexibility index (Phi) is 5.06. The molecule has 1 aromatic rings. The lowest BCUT2D eigenvalue weighted by Gasteiger charge is -2.10. The van der Waals surface area contributed by atoms with Gasteiger partial charge in [0, 0.05) is 19.7 Å². The van der Waals surface area contributed by atoms with E-state index in [1.165, 1.54) is 12.1 Å². The fraction of sp³-hybridized carbons (Fsp3) is 0.429. The van der Waals surface area contributed by atoms with Gasteiger partial charge in [0.25, 0.3) is 0 Å². The molecule has 2 rings (SSSR count). The molecule has 1 aliphatic heterocycles. The first-order chi connectivity index (χ1) is 9.65. The van der Waals surface area contributed by atoms with Crippen molar-refractivity contribution in [1.29, 1.82) is 0 Å². The molecule has 0 unspecified atom stereocenters. The lowest BCUT2D eigenvalue weighted by atomic mass is 10.2. The van der Waals surface area contributed by atoms with Crippen LogP contribution in [0.4, 0.5) is 4.39 Å². The Labute approximate surface area is 116 Å². The molecule has 2 N–H and O–H groups in total. The summed E-state index contributed by atoms with van der Waals surface area (Å²) in [6.07, 6.45) is 1.89. The van der Waals surface area contributed by atoms with Crippen LogP contribution in [-0.4, -0.2) is 31.1 Å². The van der Waals surface area contributed by atoms with Gasteiger partial charge in [-0.05, 0) is 30.5 Å². The van der Waals surface area contributed by atoms with Crippen molar-refractivity contribution in [2.75, 3.05) is 13.2 Å². The van der Waals surface area contributed by atoms with E-state index in [-0.39, 0.29) is 18.5 Å². The second kappa shape index (κ2) is 7.00. The zero-order valence-corrected chi connectivity index (χ0v) is 11.0. The highest BCUT2D eigenvalue weighted by molar-refractivity contribution is 6.35. The minimum absolute atomic E-state index is 0.00356. The molecule has 1 aliphatic rings. The molecule has 0 saturated carbocycles. The third-order valence-electron chi connectivity index (χ3n) is 3.09. The summed E-state index contributed by atoms with van der Waals surface area (Å²) in [5.41, 5.74) is 0.728. The summed E-state index contributed by atoms with van der Waals surface area (Å²) in [5, 5.41) is 5.01. The maximum Gasteiger partial charge on any atom is 0.309 e. The van der Waals surface area contributed by atoms with Gasteiger partial charge in [-0.2, -0.15) is 0 Å². The molecule has 5 nitrogen and oxygen atoms in total. The summed E-state index contributed by atoms with van der Waals surface area (Å²) in [5.74, 6) is -1.72. The van der Waals surface area contributed by atoms with Crippen molar-refractivity contribution in [3.63, 3.8) is 0 Å². The zero-order valence-electron chi connectivity index (χ0n) is 11.0. The first-order valence-corrected chi connectivity index (χ1v) is 6.57. The average molecular weight is 280 g/mol. The molecule has 0 aromatic heterocycles. The van der Waals surface area contributed by atoms with E-state index < -0.39 is 11.8 Å². The summed E-state index contributed by atoms with van der Waals surface area (Å²) >= 11 is 0. The lowest BCUT2D eigenvalue weighted by Crippen LogP contribution is -2.42. The number of ether oxygens (including phenoxy) is 1. The summed E-state index contributed by atoms with van der Waals surface area (Å²) in [6, 6.07) is 5.72. The third kappa shape index (κ3) is 4.31. The maximum absolute atomic E-state index is 12.7. The molecule has 0 radical (unpaired) electrons. The molecular formula is C14H17FN2O3. The number of amides is 2. The standard InChI is InChI=1S/C14H17FN2O3/c15-11-5-3-10(4-6-11)8-16-13(18)14(19)17-9-12-2-1-7-20-12/h3-6,12H,1-2,7-9H2,(H,16,18)(H,17,19)/t12-/m0/s1. The first-order valence-electron chi connectivity index (χ1n) is 6.57. The van der Waals surface area contributed by atoms with E-state index in [2.05, 4.69) is 10.6 Å². The molecule has 0 bridgehead atoms. The van der Waals surface area contributed by atoms with Crippen molar-refractivity contribution >= 4 is 11.8 Å². The summed E-state index contributed by atoms with van der Waals surface area (Å²) in [6.45, 7) is 1.24. The van der Waals surface area contributed by atoms with Crippen LogP contribution in [0.2, 0.25) is 0 Å². The fourth-order valence-electron chi connectivity index (χ4n) is 1.96. The van der Waals surface area contributed by atoms with Gasteiger partial charge >= 0.3 is 11.8 Å². The van der Waals surface area contributed by atoms with Crippen LogP contribution in [0.25, 0.3) is 0 Å². The number of hydrogen-bond donors (Lipinski definition) is 2. The Balaban J connectivity index is 1.70. The van der Waals surface area contributed by atoms with Gasteiger partial charge in [-0.15, -0.1) is 0 Å². The normalized spacial score (nSPS) is 17.8. The highest BCUT2D eigenvalue weighted by Crippen LogP contribution is 2.10. The molecule has 1 atom stereocenters. The van der Waals surface area contributed by atoms with Gasteiger partial charge in [-0.25, -0.2) is 4.39 Å². The molecule has 1 saturated heterocycles. The van der Waals surface area contributed by atoms with Crippen LogP contribution in [0, 0.1) is 5.82 Å². The van der Waals surface area contributed by atoms with Crippen molar-refractivity contribution in [3.05, 3.63) is 35.6 Å². The number of hydrogen-bond acceptors (Lipinski definition) is 3. The summed E-state index contributed by atoms with van der Waals surface area (Å²) in [7, 11) is 0. The minimum atomic E-state index is -0.702. The number of nitrogens with one attached hydrogen (secondary N) is 2. The molecule has 108 valence electrons. The molecule has 1 fully saturated rings. The first kappa shape index (κ1) is 14.5. The van der Waals surface area contributed by atoms with Gasteiger partial charge in [0.15, 0.2) is 0 Å². The molecule has 2 amide bonds. The monoisotopic (exact) mass is 280 g/mol. The fourth-order valence-corrected chi connectivity index (χ4v) is 1.96. The SMILES string of the molecule is O=C(NCc1ccc(F)cc1)C(=O)NC[C@@H]1CCCO1. The topological polar surface area (TPSA) is 67.4 Å². The van der Waals surface area contributed by atoms with Gasteiger partial charge in [0.1, 0.15) is 5.82 Å². The van der Waals surface area contributed by atoms with Crippen LogP contribution in [0.15, 0.2) is 24.3 Å².